The van der Waals surface area contributed by atoms with E-state index in [2.05, 4.69) is 0 Å². The summed E-state index contributed by atoms with van der Waals surface area (Å²) in [5, 5.41) is 0. The van der Waals surface area contributed by atoms with Crippen LogP contribution in [0.2, 0.25) is 0 Å². The Kier molecular flexibility index (Phi) is 2.36. The van der Waals surface area contributed by atoms with Gasteiger partial charge in [0.2, 0.25) is 0 Å². The molecule has 1 rings (SSSR count). The summed E-state index contributed by atoms with van der Waals surface area (Å²) < 4.78 is 0. The predicted octanol–water partition coefficient (Wildman–Crippen LogP) is 1.83. The molecule has 0 aromatic carbocycles. The van der Waals surface area contributed by atoms with E-state index >= 15 is 0 Å². The molecule has 12 heavy (non-hydrogen) atoms. The minimum Gasteiger partial charge on any atom is -0.303 e. The molecule has 1 fully saturated rings. The van der Waals surface area contributed by atoms with Gasteiger partial charge in [-0.3, -0.25) is 0 Å². The molecule has 1 aliphatic rings. The van der Waals surface area contributed by atoms with Crippen molar-refractivity contribution in [1.29, 1.82) is 0 Å². The second-order valence-electron chi connectivity index (χ2n) is 4.45. The SMILES string of the molecule is CC(=O)CC1CC1C(C)(C)C=O. The summed E-state index contributed by atoms with van der Waals surface area (Å²) in [6.07, 6.45) is 2.71. The van der Waals surface area contributed by atoms with E-state index in [1.165, 1.54) is 0 Å². The Balaban J connectivity index is 2.42. The zero-order valence-electron chi connectivity index (χ0n) is 7.96. The van der Waals surface area contributed by atoms with Crippen LogP contribution >= 0.6 is 0 Å². The molecule has 0 radical (unpaired) electrons. The maximum atomic E-state index is 10.8. The van der Waals surface area contributed by atoms with Crippen LogP contribution in [0.15, 0.2) is 0 Å². The summed E-state index contributed by atoms with van der Waals surface area (Å²) in [6, 6.07) is 0. The normalized spacial score (nSPS) is 28.2. The Bertz CT molecular complexity index is 206. The van der Waals surface area contributed by atoms with Gasteiger partial charge in [0.05, 0.1) is 0 Å². The molecular formula is C10H16O2. The monoisotopic (exact) mass is 168 g/mol. The number of carbonyl (C=O) groups excluding carboxylic acids is 2. The van der Waals surface area contributed by atoms with Crippen molar-refractivity contribution in [2.45, 2.75) is 33.6 Å². The number of aldehydes is 1. The average Bonchev–Trinajstić information content (AvgIpc) is 2.67. The maximum Gasteiger partial charge on any atom is 0.130 e. The molecule has 0 aliphatic heterocycles. The minimum absolute atomic E-state index is 0.222. The van der Waals surface area contributed by atoms with Crippen LogP contribution in [-0.2, 0) is 9.59 Å². The summed E-state index contributed by atoms with van der Waals surface area (Å²) >= 11 is 0. The number of Topliss-reactive ketones (excluding diaryl/α,β-unsaturated/α-hetero) is 1. The summed E-state index contributed by atoms with van der Waals surface area (Å²) in [4.78, 5) is 21.4. The van der Waals surface area contributed by atoms with Gasteiger partial charge in [-0.25, -0.2) is 0 Å². The highest BCUT2D eigenvalue weighted by Gasteiger charge is 2.47. The molecule has 0 saturated heterocycles. The van der Waals surface area contributed by atoms with E-state index in [4.69, 9.17) is 0 Å². The molecule has 2 nitrogen and oxygen atoms in total. The van der Waals surface area contributed by atoms with Gasteiger partial charge in [0.15, 0.2) is 0 Å². The molecular weight excluding hydrogens is 152 g/mol. The van der Waals surface area contributed by atoms with Crippen LogP contribution < -0.4 is 0 Å². The maximum absolute atomic E-state index is 10.8. The third-order valence-corrected chi connectivity index (χ3v) is 2.73. The van der Waals surface area contributed by atoms with Gasteiger partial charge in [0.25, 0.3) is 0 Å². The van der Waals surface area contributed by atoms with Crippen molar-refractivity contribution >= 4 is 12.1 Å². The van der Waals surface area contributed by atoms with Gasteiger partial charge >= 0.3 is 0 Å². The highest BCUT2D eigenvalue weighted by Crippen LogP contribution is 2.51. The van der Waals surface area contributed by atoms with Crippen LogP contribution in [0, 0.1) is 17.3 Å². The van der Waals surface area contributed by atoms with Gasteiger partial charge in [0, 0.05) is 11.8 Å². The van der Waals surface area contributed by atoms with Gasteiger partial charge in [-0.15, -0.1) is 0 Å². The molecule has 0 bridgehead atoms. The topological polar surface area (TPSA) is 34.1 Å². The lowest BCUT2D eigenvalue weighted by molar-refractivity contribution is -0.118. The molecule has 0 heterocycles. The number of hydrogen-bond acceptors (Lipinski definition) is 2. The van der Waals surface area contributed by atoms with Gasteiger partial charge < -0.3 is 9.59 Å². The lowest BCUT2D eigenvalue weighted by Crippen LogP contribution is -2.17. The highest BCUT2D eigenvalue weighted by atomic mass is 16.1. The van der Waals surface area contributed by atoms with Gasteiger partial charge in [0.1, 0.15) is 12.1 Å². The summed E-state index contributed by atoms with van der Waals surface area (Å²) in [5.41, 5.74) is -0.222. The third-order valence-electron chi connectivity index (χ3n) is 2.73. The molecule has 2 atom stereocenters. The molecule has 0 aromatic rings. The molecule has 2 unspecified atom stereocenters. The summed E-state index contributed by atoms with van der Waals surface area (Å²) in [6.45, 7) is 5.51. The minimum atomic E-state index is -0.222. The van der Waals surface area contributed by atoms with E-state index in [-0.39, 0.29) is 11.2 Å². The summed E-state index contributed by atoms with van der Waals surface area (Å²) in [5.74, 6) is 1.16. The molecule has 0 aromatic heterocycles. The first kappa shape index (κ1) is 9.43. The average molecular weight is 168 g/mol. The fourth-order valence-electron chi connectivity index (χ4n) is 1.84. The number of rotatable bonds is 4. The lowest BCUT2D eigenvalue weighted by atomic mass is 9.87. The quantitative estimate of drug-likeness (QED) is 0.600. The van der Waals surface area contributed by atoms with E-state index < -0.39 is 0 Å². The molecule has 1 saturated carbocycles. The number of ketones is 1. The van der Waals surface area contributed by atoms with Crippen molar-refractivity contribution in [1.82, 2.24) is 0 Å². The fraction of sp³-hybridized carbons (Fsp3) is 0.800. The first-order chi connectivity index (χ1) is 5.47. The predicted molar refractivity (Wildman–Crippen MR) is 46.7 cm³/mol. The van der Waals surface area contributed by atoms with Crippen molar-refractivity contribution in [3.8, 4) is 0 Å². The molecule has 1 aliphatic carbocycles. The van der Waals surface area contributed by atoms with Gasteiger partial charge in [-0.1, -0.05) is 13.8 Å². The van der Waals surface area contributed by atoms with Crippen LogP contribution in [0.1, 0.15) is 33.6 Å². The van der Waals surface area contributed by atoms with Crippen molar-refractivity contribution in [3.05, 3.63) is 0 Å². The second kappa shape index (κ2) is 3.00. The largest absolute Gasteiger partial charge is 0.303 e. The van der Waals surface area contributed by atoms with Crippen LogP contribution in [0.25, 0.3) is 0 Å². The first-order valence-electron chi connectivity index (χ1n) is 4.43. The standard InChI is InChI=1S/C10H16O2/c1-7(12)4-8-5-9(8)10(2,3)6-11/h6,8-9H,4-5H2,1-3H3. The Hall–Kier alpha value is -0.660. The van der Waals surface area contributed by atoms with E-state index in [0.717, 1.165) is 12.7 Å². The third kappa shape index (κ3) is 1.93. The van der Waals surface area contributed by atoms with Crippen LogP contribution in [-0.4, -0.2) is 12.1 Å². The van der Waals surface area contributed by atoms with Crippen molar-refractivity contribution in [2.75, 3.05) is 0 Å². The Morgan fingerprint density at radius 1 is 1.58 bits per heavy atom. The Labute approximate surface area is 73.3 Å². The zero-order valence-corrected chi connectivity index (χ0v) is 7.96. The van der Waals surface area contributed by atoms with E-state index in [1.54, 1.807) is 6.92 Å². The van der Waals surface area contributed by atoms with Crippen molar-refractivity contribution in [2.24, 2.45) is 17.3 Å². The van der Waals surface area contributed by atoms with Gasteiger partial charge in [-0.05, 0) is 25.2 Å². The second-order valence-corrected chi connectivity index (χ2v) is 4.45. The molecule has 0 N–H and O–H groups in total. The Morgan fingerprint density at radius 3 is 2.58 bits per heavy atom. The molecule has 68 valence electrons. The fourth-order valence-corrected chi connectivity index (χ4v) is 1.84. The van der Waals surface area contributed by atoms with Gasteiger partial charge in [-0.2, -0.15) is 0 Å². The summed E-state index contributed by atoms with van der Waals surface area (Å²) in [7, 11) is 0. The Morgan fingerprint density at radius 2 is 2.17 bits per heavy atom. The highest BCUT2D eigenvalue weighted by molar-refractivity contribution is 5.76. The van der Waals surface area contributed by atoms with Crippen LogP contribution in [0.5, 0.6) is 0 Å². The lowest BCUT2D eigenvalue weighted by Gasteiger charge is -2.15. The van der Waals surface area contributed by atoms with Crippen molar-refractivity contribution < 1.29 is 9.59 Å². The van der Waals surface area contributed by atoms with Crippen LogP contribution in [0.3, 0.4) is 0 Å². The number of carbonyl (C=O) groups is 2. The smallest absolute Gasteiger partial charge is 0.130 e. The number of hydrogen-bond donors (Lipinski definition) is 0. The van der Waals surface area contributed by atoms with E-state index in [1.807, 2.05) is 13.8 Å². The molecule has 2 heteroatoms. The molecule has 0 spiro atoms. The van der Waals surface area contributed by atoms with E-state index in [9.17, 15) is 9.59 Å². The van der Waals surface area contributed by atoms with E-state index in [0.29, 0.717) is 18.3 Å². The first-order valence-corrected chi connectivity index (χ1v) is 4.43. The molecule has 0 amide bonds. The zero-order chi connectivity index (χ0) is 9.35. The van der Waals surface area contributed by atoms with Crippen LogP contribution in [0.4, 0.5) is 0 Å². The van der Waals surface area contributed by atoms with Crippen molar-refractivity contribution in [3.63, 3.8) is 0 Å².